The van der Waals surface area contributed by atoms with Crippen LogP contribution in [-0.4, -0.2) is 74.9 Å². The lowest BCUT2D eigenvalue weighted by molar-refractivity contribution is -0.870. The van der Waals surface area contributed by atoms with Crippen molar-refractivity contribution in [3.8, 4) is 0 Å². The number of phosphoric ester groups is 1. The second-order valence-electron chi connectivity index (χ2n) is 25.6. The molecule has 0 aromatic rings. The van der Waals surface area contributed by atoms with Crippen LogP contribution in [0.2, 0.25) is 0 Å². The van der Waals surface area contributed by atoms with Crippen LogP contribution in [0.25, 0.3) is 0 Å². The number of allylic oxidation sites excluding steroid dienone is 14. The van der Waals surface area contributed by atoms with Gasteiger partial charge in [-0.3, -0.25) is 18.6 Å². The summed E-state index contributed by atoms with van der Waals surface area (Å²) in [5.41, 5.74) is 0. The molecule has 0 aromatic carbocycles. The van der Waals surface area contributed by atoms with E-state index in [1.54, 1.807) is 0 Å². The quantitative estimate of drug-likeness (QED) is 0.0211. The van der Waals surface area contributed by atoms with Crippen LogP contribution >= 0.6 is 7.82 Å². The van der Waals surface area contributed by atoms with Gasteiger partial charge in [-0.2, -0.15) is 0 Å². The van der Waals surface area contributed by atoms with Crippen molar-refractivity contribution >= 4 is 19.8 Å². The third-order valence-corrected chi connectivity index (χ3v) is 16.9. The Morgan fingerprint density at radius 2 is 0.663 bits per heavy atom. The van der Waals surface area contributed by atoms with E-state index in [1.807, 2.05) is 21.1 Å². The molecule has 10 heteroatoms. The molecule has 0 aliphatic heterocycles. The summed E-state index contributed by atoms with van der Waals surface area (Å²) in [7, 11) is 1.46. The first-order chi connectivity index (χ1) is 42.0. The molecule has 2 atom stereocenters. The maximum absolute atomic E-state index is 12.8. The van der Waals surface area contributed by atoms with Crippen molar-refractivity contribution in [3.63, 3.8) is 0 Å². The molecular weight excluding hydrogens is 1090 g/mol. The van der Waals surface area contributed by atoms with E-state index in [2.05, 4.69) is 98.9 Å². The van der Waals surface area contributed by atoms with Crippen molar-refractivity contribution in [1.29, 1.82) is 0 Å². The molecule has 0 aliphatic carbocycles. The zero-order valence-corrected chi connectivity index (χ0v) is 57.9. The molecule has 0 aromatic heterocycles. The predicted molar refractivity (Wildman–Crippen MR) is 372 cm³/mol. The number of hydrogen-bond acceptors (Lipinski definition) is 7. The van der Waals surface area contributed by atoms with Gasteiger partial charge in [0.1, 0.15) is 19.8 Å². The molecule has 0 amide bonds. The Bertz CT molecular complexity index is 1730. The van der Waals surface area contributed by atoms with Crippen LogP contribution in [0.3, 0.4) is 0 Å². The monoisotopic (exact) mass is 1230 g/mol. The number of esters is 2. The molecule has 2 unspecified atom stereocenters. The average molecular weight is 1230 g/mol. The Balaban J connectivity index is 3.96. The number of hydrogen-bond donors (Lipinski definition) is 1. The van der Waals surface area contributed by atoms with E-state index in [0.717, 1.165) is 83.5 Å². The van der Waals surface area contributed by atoms with Crippen molar-refractivity contribution in [2.24, 2.45) is 0 Å². The van der Waals surface area contributed by atoms with Crippen LogP contribution in [0.1, 0.15) is 335 Å². The summed E-state index contributed by atoms with van der Waals surface area (Å²) in [6.45, 7) is 4.32. The van der Waals surface area contributed by atoms with Crippen molar-refractivity contribution < 1.29 is 42.1 Å². The molecule has 0 aliphatic rings. The highest BCUT2D eigenvalue weighted by Crippen LogP contribution is 2.43. The highest BCUT2D eigenvalue weighted by Gasteiger charge is 2.27. The molecule has 0 saturated carbocycles. The predicted octanol–water partition coefficient (Wildman–Crippen LogP) is 23.7. The molecule has 0 saturated heterocycles. The standard InChI is InChI=1S/C76H138NO8P/c1-6-8-10-12-14-16-18-20-22-24-26-28-30-31-32-33-34-35-36-37-38-39-40-41-42-43-44-45-47-48-50-52-54-56-58-60-62-64-66-68-75(78)82-72-74(73-84-86(80,81)83-71-70-77(3,4)5)85-76(79)69-67-65-63-61-59-57-55-53-51-49-46-29-27-25-23-21-19-17-15-13-11-9-7-2/h9,11,15,17,21,23-24,26-27,29,49,51,55,57,74H,6-8,10,12-14,16,18-20,22,25,28,30-48,50,52-54,56,58-73H2,1-5H3/p+1/b11-9-,17-15-,23-21-,26-24-,29-27-,51-49-,57-55-. The van der Waals surface area contributed by atoms with Gasteiger partial charge in [-0.1, -0.05) is 317 Å². The van der Waals surface area contributed by atoms with Crippen molar-refractivity contribution in [2.75, 3.05) is 47.5 Å². The van der Waals surface area contributed by atoms with Crippen molar-refractivity contribution in [1.82, 2.24) is 0 Å². The number of quaternary nitrogens is 1. The second kappa shape index (κ2) is 66.6. The molecule has 0 radical (unpaired) electrons. The van der Waals surface area contributed by atoms with E-state index in [9.17, 15) is 19.0 Å². The molecule has 0 bridgehead atoms. The SMILES string of the molecule is CC/C=C\C/C=C\C/C=C\C/C=C\C/C=C\C/C=C\CCCCCCC(=O)OC(COC(=O)CCCCCCCCCCCCCCCCCCCCCCCCCCCCC/C=C\CCCCCCCCCC)COP(=O)(O)OCC[N+](C)(C)C. The molecule has 500 valence electrons. The van der Waals surface area contributed by atoms with Gasteiger partial charge in [-0.15, -0.1) is 0 Å². The summed E-state index contributed by atoms with van der Waals surface area (Å²) in [6, 6.07) is 0. The van der Waals surface area contributed by atoms with Crippen LogP contribution in [0.4, 0.5) is 0 Å². The number of nitrogens with zero attached hydrogens (tertiary/aromatic N) is 1. The van der Waals surface area contributed by atoms with Crippen LogP contribution in [0.5, 0.6) is 0 Å². The molecule has 86 heavy (non-hydrogen) atoms. The number of rotatable bonds is 67. The molecule has 0 spiro atoms. The smallest absolute Gasteiger partial charge is 0.462 e. The van der Waals surface area contributed by atoms with Gasteiger partial charge in [0.15, 0.2) is 6.10 Å². The van der Waals surface area contributed by atoms with Gasteiger partial charge in [-0.25, -0.2) is 4.57 Å². The Hall–Kier alpha value is -2.81. The first-order valence-corrected chi connectivity index (χ1v) is 37.8. The number of ether oxygens (including phenoxy) is 2. The maximum atomic E-state index is 12.8. The van der Waals surface area contributed by atoms with Crippen LogP contribution < -0.4 is 0 Å². The minimum Gasteiger partial charge on any atom is -0.462 e. The fourth-order valence-corrected chi connectivity index (χ4v) is 11.1. The number of likely N-dealkylation sites (N-methyl/N-ethyl adjacent to an activating group) is 1. The summed E-state index contributed by atoms with van der Waals surface area (Å²) in [6.07, 6.45) is 91.5. The summed E-state index contributed by atoms with van der Waals surface area (Å²) >= 11 is 0. The van der Waals surface area contributed by atoms with Crippen molar-refractivity contribution in [3.05, 3.63) is 85.1 Å². The number of carbonyl (C=O) groups is 2. The maximum Gasteiger partial charge on any atom is 0.472 e. The van der Waals surface area contributed by atoms with Gasteiger partial charge in [0.2, 0.25) is 0 Å². The topological polar surface area (TPSA) is 108 Å². The molecular formula is C76H139NO8P+. The average Bonchev–Trinajstić information content (AvgIpc) is 3.56. The van der Waals surface area contributed by atoms with Gasteiger partial charge >= 0.3 is 19.8 Å². The van der Waals surface area contributed by atoms with Crippen LogP contribution in [-0.2, 0) is 32.7 Å². The van der Waals surface area contributed by atoms with E-state index in [0.29, 0.717) is 17.4 Å². The van der Waals surface area contributed by atoms with E-state index in [4.69, 9.17) is 18.5 Å². The number of carbonyl (C=O) groups excluding carboxylic acids is 2. The molecule has 0 rings (SSSR count). The normalized spacial score (nSPS) is 13.6. The summed E-state index contributed by atoms with van der Waals surface area (Å²) in [5, 5.41) is 0. The summed E-state index contributed by atoms with van der Waals surface area (Å²) in [4.78, 5) is 35.8. The zero-order valence-electron chi connectivity index (χ0n) is 57.0. The fourth-order valence-electron chi connectivity index (χ4n) is 10.4. The van der Waals surface area contributed by atoms with Gasteiger partial charge < -0.3 is 18.9 Å². The highest BCUT2D eigenvalue weighted by atomic mass is 31.2. The van der Waals surface area contributed by atoms with E-state index in [1.165, 1.54) is 218 Å². The second-order valence-corrected chi connectivity index (χ2v) is 27.0. The zero-order chi connectivity index (χ0) is 62.6. The van der Waals surface area contributed by atoms with Gasteiger partial charge in [0.25, 0.3) is 0 Å². The number of phosphoric acid groups is 1. The Labute approximate surface area is 532 Å². The summed E-state index contributed by atoms with van der Waals surface area (Å²) < 4.78 is 34.7. The van der Waals surface area contributed by atoms with Gasteiger partial charge in [0, 0.05) is 12.8 Å². The first-order valence-electron chi connectivity index (χ1n) is 36.3. The van der Waals surface area contributed by atoms with Gasteiger partial charge in [0.05, 0.1) is 27.7 Å². The molecule has 1 N–H and O–H groups in total. The first kappa shape index (κ1) is 83.2. The minimum absolute atomic E-state index is 0.0238. The Morgan fingerprint density at radius 3 is 1.00 bits per heavy atom. The Kier molecular flexibility index (Phi) is 64.4. The van der Waals surface area contributed by atoms with Crippen LogP contribution in [0.15, 0.2) is 85.1 Å². The lowest BCUT2D eigenvalue weighted by atomic mass is 10.0. The van der Waals surface area contributed by atoms with Crippen molar-refractivity contribution in [2.45, 2.75) is 341 Å². The Morgan fingerprint density at radius 1 is 0.372 bits per heavy atom. The third-order valence-electron chi connectivity index (χ3n) is 15.9. The number of unbranched alkanes of at least 4 members (excludes halogenated alkanes) is 39. The molecule has 9 nitrogen and oxygen atoms in total. The largest absolute Gasteiger partial charge is 0.472 e. The fraction of sp³-hybridized carbons (Fsp3) is 0.789. The van der Waals surface area contributed by atoms with E-state index < -0.39 is 26.5 Å². The lowest BCUT2D eigenvalue weighted by Gasteiger charge is -2.24. The van der Waals surface area contributed by atoms with E-state index >= 15 is 0 Å². The summed E-state index contributed by atoms with van der Waals surface area (Å²) in [5.74, 6) is -0.818. The third kappa shape index (κ3) is 70.3. The molecule has 0 fully saturated rings. The van der Waals surface area contributed by atoms with Crippen LogP contribution in [0, 0.1) is 0 Å². The highest BCUT2D eigenvalue weighted by molar-refractivity contribution is 7.47. The van der Waals surface area contributed by atoms with E-state index in [-0.39, 0.29) is 32.0 Å². The van der Waals surface area contributed by atoms with Gasteiger partial charge in [-0.05, 0) is 89.9 Å². The molecule has 0 heterocycles. The lowest BCUT2D eigenvalue weighted by Crippen LogP contribution is -2.37. The minimum atomic E-state index is -4.40.